The summed E-state index contributed by atoms with van der Waals surface area (Å²) >= 11 is 0. The summed E-state index contributed by atoms with van der Waals surface area (Å²) in [5.41, 5.74) is 1.24. The molecule has 0 aromatic heterocycles. The van der Waals surface area contributed by atoms with Gasteiger partial charge in [0, 0.05) is 13.3 Å². The lowest BCUT2D eigenvalue weighted by Gasteiger charge is -2.15. The lowest BCUT2D eigenvalue weighted by Crippen LogP contribution is -2.20. The lowest BCUT2D eigenvalue weighted by atomic mass is 10.1. The summed E-state index contributed by atoms with van der Waals surface area (Å²) < 4.78 is 10.7. The van der Waals surface area contributed by atoms with Gasteiger partial charge in [-0.2, -0.15) is 0 Å². The van der Waals surface area contributed by atoms with Crippen LogP contribution in [0, 0.1) is 0 Å². The third kappa shape index (κ3) is 5.69. The van der Waals surface area contributed by atoms with Crippen LogP contribution in [0.1, 0.15) is 25.3 Å². The van der Waals surface area contributed by atoms with Crippen LogP contribution in [0.25, 0.3) is 0 Å². The molecule has 0 N–H and O–H groups in total. The number of hydrogen-bond donors (Lipinski definition) is 0. The van der Waals surface area contributed by atoms with Crippen molar-refractivity contribution in [1.82, 2.24) is 0 Å². The van der Waals surface area contributed by atoms with Gasteiger partial charge in [0.15, 0.2) is 0 Å². The van der Waals surface area contributed by atoms with E-state index in [2.05, 4.69) is 12.1 Å². The second-order valence-electron chi connectivity index (χ2n) is 4.83. The molecule has 0 aliphatic heterocycles. The number of aryl methyl sites for hydroxylation is 1. The van der Waals surface area contributed by atoms with E-state index in [0.29, 0.717) is 12.2 Å². The number of carbonyl (C=O) groups excluding carboxylic acids is 1. The van der Waals surface area contributed by atoms with E-state index >= 15 is 0 Å². The average molecular weight is 284 g/mol. The molecule has 0 saturated carbocycles. The van der Waals surface area contributed by atoms with Gasteiger partial charge in [0.1, 0.15) is 5.75 Å². The highest BCUT2D eigenvalue weighted by atomic mass is 16.7. The van der Waals surface area contributed by atoms with E-state index in [9.17, 15) is 4.79 Å². The Bertz CT molecular complexity index is 537. The van der Waals surface area contributed by atoms with E-state index in [1.807, 2.05) is 48.5 Å². The van der Waals surface area contributed by atoms with Crippen molar-refractivity contribution in [3.05, 3.63) is 66.2 Å². The maximum Gasteiger partial charge on any atom is 0.308 e. The van der Waals surface area contributed by atoms with Crippen LogP contribution in [0.5, 0.6) is 5.75 Å². The Morgan fingerprint density at radius 3 is 2.29 bits per heavy atom. The summed E-state index contributed by atoms with van der Waals surface area (Å²) in [6.45, 7) is 1.72. The van der Waals surface area contributed by atoms with Crippen LogP contribution in [-0.4, -0.2) is 12.3 Å². The fourth-order valence-corrected chi connectivity index (χ4v) is 2.04. The molecular formula is C18H20O3. The molecule has 0 aliphatic carbocycles. The molecule has 2 aromatic carbocycles. The Labute approximate surface area is 125 Å². The molecule has 0 bridgehead atoms. The number of para-hydroxylation sites is 1. The summed E-state index contributed by atoms with van der Waals surface area (Å²) in [4.78, 5) is 11.7. The molecule has 3 heteroatoms. The van der Waals surface area contributed by atoms with Crippen LogP contribution in [0.3, 0.4) is 0 Å². The van der Waals surface area contributed by atoms with Crippen molar-refractivity contribution in [3.63, 3.8) is 0 Å². The van der Waals surface area contributed by atoms with Crippen molar-refractivity contribution in [2.24, 2.45) is 0 Å². The zero-order valence-electron chi connectivity index (χ0n) is 12.2. The fraction of sp³-hybridized carbons (Fsp3) is 0.278. The highest BCUT2D eigenvalue weighted by Gasteiger charge is 2.10. The number of ether oxygens (including phenoxy) is 2. The first-order valence-corrected chi connectivity index (χ1v) is 7.19. The lowest BCUT2D eigenvalue weighted by molar-refractivity contribution is -0.161. The molecule has 2 aromatic rings. The monoisotopic (exact) mass is 284 g/mol. The second kappa shape index (κ2) is 8.10. The second-order valence-corrected chi connectivity index (χ2v) is 4.83. The fourth-order valence-electron chi connectivity index (χ4n) is 2.04. The third-order valence-electron chi connectivity index (χ3n) is 3.03. The van der Waals surface area contributed by atoms with Gasteiger partial charge in [-0.05, 0) is 30.5 Å². The Balaban J connectivity index is 1.67. The van der Waals surface area contributed by atoms with Crippen molar-refractivity contribution in [1.29, 1.82) is 0 Å². The van der Waals surface area contributed by atoms with Crippen molar-refractivity contribution >= 4 is 5.97 Å². The van der Waals surface area contributed by atoms with E-state index in [0.717, 1.165) is 12.8 Å². The first-order valence-electron chi connectivity index (χ1n) is 7.19. The number of carbonyl (C=O) groups is 1. The average Bonchev–Trinajstić information content (AvgIpc) is 2.49. The molecule has 3 nitrogen and oxygen atoms in total. The molecule has 0 saturated heterocycles. The Hall–Kier alpha value is -2.29. The Morgan fingerprint density at radius 1 is 1.00 bits per heavy atom. The number of benzene rings is 2. The highest BCUT2D eigenvalue weighted by Crippen LogP contribution is 2.12. The normalized spacial score (nSPS) is 11.7. The van der Waals surface area contributed by atoms with Crippen LogP contribution in [-0.2, 0) is 16.0 Å². The zero-order chi connectivity index (χ0) is 14.9. The summed E-state index contributed by atoms with van der Waals surface area (Å²) in [6.07, 6.45) is 1.49. The van der Waals surface area contributed by atoms with Gasteiger partial charge >= 0.3 is 5.97 Å². The van der Waals surface area contributed by atoms with Crippen LogP contribution < -0.4 is 4.74 Å². The molecule has 0 radical (unpaired) electrons. The van der Waals surface area contributed by atoms with Gasteiger partial charge in [0.05, 0.1) is 0 Å². The summed E-state index contributed by atoms with van der Waals surface area (Å²) in [7, 11) is 0. The van der Waals surface area contributed by atoms with Gasteiger partial charge in [-0.1, -0.05) is 48.5 Å². The molecule has 1 atom stereocenters. The highest BCUT2D eigenvalue weighted by molar-refractivity contribution is 5.69. The first kappa shape index (κ1) is 15.1. The van der Waals surface area contributed by atoms with Crippen LogP contribution >= 0.6 is 0 Å². The van der Waals surface area contributed by atoms with E-state index in [4.69, 9.17) is 9.47 Å². The van der Waals surface area contributed by atoms with E-state index in [-0.39, 0.29) is 5.97 Å². The maximum absolute atomic E-state index is 11.7. The topological polar surface area (TPSA) is 35.5 Å². The van der Waals surface area contributed by atoms with Crippen molar-refractivity contribution in [3.8, 4) is 5.75 Å². The van der Waals surface area contributed by atoms with Crippen LogP contribution in [0.2, 0.25) is 0 Å². The maximum atomic E-state index is 11.7. The van der Waals surface area contributed by atoms with Gasteiger partial charge in [-0.15, -0.1) is 0 Å². The van der Waals surface area contributed by atoms with Gasteiger partial charge < -0.3 is 9.47 Å². The summed E-state index contributed by atoms with van der Waals surface area (Å²) in [6, 6.07) is 19.5. The molecule has 0 heterocycles. The third-order valence-corrected chi connectivity index (χ3v) is 3.03. The molecule has 0 spiro atoms. The van der Waals surface area contributed by atoms with Crippen molar-refractivity contribution in [2.75, 3.05) is 0 Å². The minimum Gasteiger partial charge on any atom is -0.455 e. The smallest absolute Gasteiger partial charge is 0.308 e. The van der Waals surface area contributed by atoms with Gasteiger partial charge in [-0.3, -0.25) is 4.79 Å². The standard InChI is InChI=1S/C18H20O3/c1-15(20-17-12-6-3-7-13-17)21-18(19)14-8-11-16-9-4-2-5-10-16/h2-7,9-10,12-13,15H,8,11,14H2,1H3. The van der Waals surface area contributed by atoms with Gasteiger partial charge in [0.25, 0.3) is 0 Å². The van der Waals surface area contributed by atoms with E-state index < -0.39 is 6.29 Å². The molecule has 110 valence electrons. The van der Waals surface area contributed by atoms with Crippen LogP contribution in [0.4, 0.5) is 0 Å². The number of rotatable bonds is 7. The molecule has 21 heavy (non-hydrogen) atoms. The van der Waals surface area contributed by atoms with Crippen LogP contribution in [0.15, 0.2) is 60.7 Å². The Kier molecular flexibility index (Phi) is 5.83. The molecule has 1 unspecified atom stereocenters. The van der Waals surface area contributed by atoms with Crippen molar-refractivity contribution < 1.29 is 14.3 Å². The number of esters is 1. The Morgan fingerprint density at radius 2 is 1.62 bits per heavy atom. The predicted molar refractivity (Wildman–Crippen MR) is 82.0 cm³/mol. The minimum absolute atomic E-state index is 0.227. The van der Waals surface area contributed by atoms with Crippen molar-refractivity contribution in [2.45, 2.75) is 32.5 Å². The predicted octanol–water partition coefficient (Wildman–Crippen LogP) is 3.98. The van der Waals surface area contributed by atoms with E-state index in [1.54, 1.807) is 6.92 Å². The SMILES string of the molecule is CC(OC(=O)CCCc1ccccc1)Oc1ccccc1. The quantitative estimate of drug-likeness (QED) is 0.570. The molecular weight excluding hydrogens is 264 g/mol. The molecule has 2 rings (SSSR count). The largest absolute Gasteiger partial charge is 0.455 e. The number of hydrogen-bond acceptors (Lipinski definition) is 3. The van der Waals surface area contributed by atoms with Gasteiger partial charge in [-0.25, -0.2) is 0 Å². The van der Waals surface area contributed by atoms with E-state index in [1.165, 1.54) is 5.56 Å². The zero-order valence-corrected chi connectivity index (χ0v) is 12.2. The molecule has 0 fully saturated rings. The first-order chi connectivity index (χ1) is 10.2. The summed E-state index contributed by atoms with van der Waals surface area (Å²) in [5, 5.41) is 0. The molecule has 0 aliphatic rings. The molecule has 0 amide bonds. The van der Waals surface area contributed by atoms with Gasteiger partial charge in [0.2, 0.25) is 6.29 Å². The minimum atomic E-state index is -0.573. The summed E-state index contributed by atoms with van der Waals surface area (Å²) in [5.74, 6) is 0.469.